The van der Waals surface area contributed by atoms with E-state index in [1.807, 2.05) is 6.92 Å². The number of hydrogen-bond acceptors (Lipinski definition) is 2. The molecule has 1 aromatic carbocycles. The molecule has 0 aromatic heterocycles. The van der Waals surface area contributed by atoms with Gasteiger partial charge in [-0.15, -0.1) is 0 Å². The number of thiocarbonyl (C=S) groups is 1. The van der Waals surface area contributed by atoms with E-state index in [0.29, 0.717) is 12.5 Å². The molecule has 1 rings (SSSR count). The smallest absolute Gasteiger partial charge is 0.133 e. The van der Waals surface area contributed by atoms with Crippen molar-refractivity contribution in [2.45, 2.75) is 33.5 Å². The fraction of sp³-hybridized carbons (Fsp3) is 0.462. The van der Waals surface area contributed by atoms with E-state index in [9.17, 15) is 4.39 Å². The Bertz CT molecular complexity index is 406. The molecule has 1 aromatic rings. The normalized spacial score (nSPS) is 12.8. The largest absolute Gasteiger partial charge is 0.389 e. The van der Waals surface area contributed by atoms with Gasteiger partial charge in [-0.25, -0.2) is 4.39 Å². The summed E-state index contributed by atoms with van der Waals surface area (Å²) < 4.78 is 19.0. The predicted molar refractivity (Wildman–Crippen MR) is 71.4 cm³/mol. The lowest BCUT2D eigenvalue weighted by atomic mass is 10.1. The first-order valence-corrected chi connectivity index (χ1v) is 6.02. The molecular weight excluding hydrogens is 237 g/mol. The lowest BCUT2D eigenvalue weighted by Gasteiger charge is -2.16. The van der Waals surface area contributed by atoms with Crippen molar-refractivity contribution in [2.75, 3.05) is 0 Å². The van der Waals surface area contributed by atoms with Gasteiger partial charge in [0, 0.05) is 5.56 Å². The molecule has 0 bridgehead atoms. The fourth-order valence-corrected chi connectivity index (χ4v) is 1.43. The molecule has 4 heteroatoms. The molecule has 0 radical (unpaired) electrons. The average molecular weight is 255 g/mol. The van der Waals surface area contributed by atoms with E-state index in [1.54, 1.807) is 12.1 Å². The van der Waals surface area contributed by atoms with Crippen LogP contribution in [-0.4, -0.2) is 11.1 Å². The fourth-order valence-electron chi connectivity index (χ4n) is 1.27. The number of nitrogens with two attached hydrogens (primary N) is 1. The zero-order valence-corrected chi connectivity index (χ0v) is 11.2. The monoisotopic (exact) mass is 255 g/mol. The molecule has 1 unspecified atom stereocenters. The van der Waals surface area contributed by atoms with Gasteiger partial charge in [0.25, 0.3) is 0 Å². The summed E-state index contributed by atoms with van der Waals surface area (Å²) in [6.45, 7) is 6.64. The Balaban J connectivity index is 2.73. The first-order valence-electron chi connectivity index (χ1n) is 5.61. The maximum atomic E-state index is 13.3. The van der Waals surface area contributed by atoms with Gasteiger partial charge in [-0.3, -0.25) is 0 Å². The molecule has 0 aliphatic rings. The molecule has 17 heavy (non-hydrogen) atoms. The molecule has 0 saturated heterocycles. The predicted octanol–water partition coefficient (Wildman–Crippen LogP) is 3.02. The third kappa shape index (κ3) is 4.06. The lowest BCUT2D eigenvalue weighted by molar-refractivity contribution is 0.0235. The minimum absolute atomic E-state index is 0.0706. The van der Waals surface area contributed by atoms with E-state index in [1.165, 1.54) is 6.07 Å². The second-order valence-electron chi connectivity index (χ2n) is 4.44. The highest BCUT2D eigenvalue weighted by molar-refractivity contribution is 7.80. The summed E-state index contributed by atoms with van der Waals surface area (Å²) in [5.74, 6) is 0.0589. The number of ether oxygens (including phenoxy) is 1. The zero-order valence-electron chi connectivity index (χ0n) is 10.4. The molecule has 0 spiro atoms. The molecule has 94 valence electrons. The van der Waals surface area contributed by atoms with E-state index in [-0.39, 0.29) is 16.7 Å². The van der Waals surface area contributed by atoms with Gasteiger partial charge < -0.3 is 10.5 Å². The van der Waals surface area contributed by atoms with Crippen molar-refractivity contribution in [3.05, 3.63) is 35.1 Å². The highest BCUT2D eigenvalue weighted by Crippen LogP contribution is 2.14. The quantitative estimate of drug-likeness (QED) is 0.821. The van der Waals surface area contributed by atoms with Crippen molar-refractivity contribution in [3.8, 4) is 0 Å². The third-order valence-electron chi connectivity index (χ3n) is 2.75. The Labute approximate surface area is 107 Å². The van der Waals surface area contributed by atoms with Crippen LogP contribution in [0, 0.1) is 11.7 Å². The molecule has 0 aliphatic heterocycles. The maximum Gasteiger partial charge on any atom is 0.133 e. The summed E-state index contributed by atoms with van der Waals surface area (Å²) in [6, 6.07) is 4.70. The van der Waals surface area contributed by atoms with Gasteiger partial charge in [0.1, 0.15) is 10.8 Å². The van der Waals surface area contributed by atoms with Crippen molar-refractivity contribution in [3.63, 3.8) is 0 Å². The molecule has 0 aliphatic carbocycles. The summed E-state index contributed by atoms with van der Waals surface area (Å²) in [6.07, 6.45) is 0.160. The van der Waals surface area contributed by atoms with Crippen molar-refractivity contribution in [1.29, 1.82) is 0 Å². The van der Waals surface area contributed by atoms with Crippen LogP contribution in [0.25, 0.3) is 0 Å². The molecule has 2 N–H and O–H groups in total. The Morgan fingerprint density at radius 3 is 2.59 bits per heavy atom. The second kappa shape index (κ2) is 6.07. The summed E-state index contributed by atoms with van der Waals surface area (Å²) in [7, 11) is 0. The Kier molecular flexibility index (Phi) is 5.02. The Morgan fingerprint density at radius 2 is 2.06 bits per heavy atom. The van der Waals surface area contributed by atoms with Gasteiger partial charge in [-0.1, -0.05) is 32.1 Å². The first kappa shape index (κ1) is 14.1. The summed E-state index contributed by atoms with van der Waals surface area (Å²) in [4.78, 5) is 0.0706. The molecule has 0 heterocycles. The van der Waals surface area contributed by atoms with Crippen LogP contribution in [0.4, 0.5) is 4.39 Å². The van der Waals surface area contributed by atoms with Crippen LogP contribution < -0.4 is 5.73 Å². The minimum Gasteiger partial charge on any atom is -0.389 e. The molecule has 1 atom stereocenters. The van der Waals surface area contributed by atoms with Crippen molar-refractivity contribution < 1.29 is 9.13 Å². The Morgan fingerprint density at radius 1 is 1.41 bits per heavy atom. The number of rotatable bonds is 5. The minimum atomic E-state index is -0.391. The van der Waals surface area contributed by atoms with Gasteiger partial charge in [0.05, 0.1) is 12.7 Å². The highest BCUT2D eigenvalue weighted by atomic mass is 32.1. The maximum absolute atomic E-state index is 13.3. The van der Waals surface area contributed by atoms with Crippen LogP contribution in [0.5, 0.6) is 0 Å². The third-order valence-corrected chi connectivity index (χ3v) is 2.97. The SMILES string of the molecule is CC(C)C(C)OCc1ccc(F)c(C(N)=S)c1. The van der Waals surface area contributed by atoms with E-state index in [0.717, 1.165) is 5.56 Å². The van der Waals surface area contributed by atoms with E-state index >= 15 is 0 Å². The summed E-state index contributed by atoms with van der Waals surface area (Å²) >= 11 is 4.78. The molecule has 0 saturated carbocycles. The van der Waals surface area contributed by atoms with Gasteiger partial charge >= 0.3 is 0 Å². The van der Waals surface area contributed by atoms with E-state index in [4.69, 9.17) is 22.7 Å². The van der Waals surface area contributed by atoms with Crippen LogP contribution in [0.1, 0.15) is 31.9 Å². The van der Waals surface area contributed by atoms with Crippen molar-refractivity contribution >= 4 is 17.2 Å². The van der Waals surface area contributed by atoms with Gasteiger partial charge in [-0.2, -0.15) is 0 Å². The topological polar surface area (TPSA) is 35.2 Å². The van der Waals surface area contributed by atoms with Crippen LogP contribution in [0.15, 0.2) is 18.2 Å². The number of hydrogen-bond donors (Lipinski definition) is 1. The lowest BCUT2D eigenvalue weighted by Crippen LogP contribution is -2.16. The summed E-state index contributed by atoms with van der Waals surface area (Å²) in [5.41, 5.74) is 6.59. The van der Waals surface area contributed by atoms with E-state index < -0.39 is 5.82 Å². The number of halogens is 1. The van der Waals surface area contributed by atoms with Crippen LogP contribution in [0.2, 0.25) is 0 Å². The van der Waals surface area contributed by atoms with Crippen LogP contribution >= 0.6 is 12.2 Å². The second-order valence-corrected chi connectivity index (χ2v) is 4.88. The Hall–Kier alpha value is -1.00. The molecule has 0 amide bonds. The van der Waals surface area contributed by atoms with Gasteiger partial charge in [-0.05, 0) is 30.5 Å². The first-order chi connectivity index (χ1) is 7.91. The average Bonchev–Trinajstić information content (AvgIpc) is 2.26. The summed E-state index contributed by atoms with van der Waals surface area (Å²) in [5, 5.41) is 0. The van der Waals surface area contributed by atoms with Crippen molar-refractivity contribution in [1.82, 2.24) is 0 Å². The molecule has 2 nitrogen and oxygen atoms in total. The standard InChI is InChI=1S/C13H18FNOS/c1-8(2)9(3)16-7-10-4-5-12(14)11(6-10)13(15)17/h4-6,8-9H,7H2,1-3H3,(H2,15,17). The van der Waals surface area contributed by atoms with Crippen molar-refractivity contribution in [2.24, 2.45) is 11.7 Å². The van der Waals surface area contributed by atoms with Gasteiger partial charge in [0.15, 0.2) is 0 Å². The van der Waals surface area contributed by atoms with Crippen LogP contribution in [0.3, 0.4) is 0 Å². The molecular formula is C13H18FNOS. The van der Waals surface area contributed by atoms with Gasteiger partial charge in [0.2, 0.25) is 0 Å². The highest BCUT2D eigenvalue weighted by Gasteiger charge is 2.09. The zero-order chi connectivity index (χ0) is 13.0. The van der Waals surface area contributed by atoms with E-state index in [2.05, 4.69) is 13.8 Å². The molecule has 0 fully saturated rings. The number of benzene rings is 1. The van der Waals surface area contributed by atoms with Crippen LogP contribution in [-0.2, 0) is 11.3 Å².